The minimum absolute atomic E-state index is 0.0580. The Hall–Kier alpha value is -3.16. The molecule has 1 aromatic heterocycles. The van der Waals surface area contributed by atoms with Gasteiger partial charge in [-0.25, -0.2) is 14.5 Å². The molecule has 0 saturated carbocycles. The molecule has 8 heteroatoms. The second-order valence-electron chi connectivity index (χ2n) is 6.79. The van der Waals surface area contributed by atoms with Crippen molar-refractivity contribution in [3.63, 3.8) is 0 Å². The zero-order valence-electron chi connectivity index (χ0n) is 15.8. The number of hydrogen-bond donors (Lipinski definition) is 0. The van der Waals surface area contributed by atoms with E-state index in [-0.39, 0.29) is 12.1 Å². The first kappa shape index (κ1) is 20.2. The Morgan fingerprint density at radius 3 is 2.33 bits per heavy atom. The van der Waals surface area contributed by atoms with E-state index in [9.17, 15) is 14.4 Å². The van der Waals surface area contributed by atoms with E-state index in [2.05, 4.69) is 5.10 Å². The predicted molar refractivity (Wildman–Crippen MR) is 96.9 cm³/mol. The minimum Gasteiger partial charge on any atom is -0.467 e. The number of ether oxygens (including phenoxy) is 2. The van der Waals surface area contributed by atoms with Crippen molar-refractivity contribution in [1.29, 1.82) is 0 Å². The molecule has 0 unspecified atom stereocenters. The van der Waals surface area contributed by atoms with Crippen molar-refractivity contribution < 1.29 is 23.9 Å². The Balaban J connectivity index is 2.44. The first-order chi connectivity index (χ1) is 12.7. The number of benzene rings is 1. The molecule has 0 N–H and O–H groups in total. The molecular weight excluding hydrogens is 350 g/mol. The van der Waals surface area contributed by atoms with Crippen molar-refractivity contribution in [3.8, 4) is 0 Å². The zero-order valence-corrected chi connectivity index (χ0v) is 15.8. The van der Waals surface area contributed by atoms with E-state index in [0.717, 1.165) is 4.90 Å². The van der Waals surface area contributed by atoms with E-state index in [1.807, 2.05) is 0 Å². The highest BCUT2D eigenvalue weighted by atomic mass is 16.6. The van der Waals surface area contributed by atoms with Crippen LogP contribution in [0.2, 0.25) is 0 Å². The van der Waals surface area contributed by atoms with Crippen LogP contribution in [0, 0.1) is 0 Å². The number of carbonyl (C=O) groups is 3. The van der Waals surface area contributed by atoms with Crippen LogP contribution in [0.3, 0.4) is 0 Å². The van der Waals surface area contributed by atoms with Crippen molar-refractivity contribution in [3.05, 3.63) is 54.4 Å². The van der Waals surface area contributed by atoms with Gasteiger partial charge < -0.3 is 9.47 Å². The molecule has 2 amide bonds. The highest BCUT2D eigenvalue weighted by Gasteiger charge is 2.39. The summed E-state index contributed by atoms with van der Waals surface area (Å²) < 4.78 is 11.6. The molecule has 27 heavy (non-hydrogen) atoms. The van der Waals surface area contributed by atoms with E-state index in [4.69, 9.17) is 9.47 Å². The van der Waals surface area contributed by atoms with Gasteiger partial charge in [-0.3, -0.25) is 9.48 Å². The number of aromatic nitrogens is 2. The van der Waals surface area contributed by atoms with Gasteiger partial charge in [-0.15, -0.1) is 0 Å². The van der Waals surface area contributed by atoms with Gasteiger partial charge in [0.25, 0.3) is 5.91 Å². The second kappa shape index (κ2) is 8.48. The van der Waals surface area contributed by atoms with Crippen molar-refractivity contribution in [2.24, 2.45) is 0 Å². The monoisotopic (exact) mass is 373 g/mol. The third kappa shape index (κ3) is 5.40. The van der Waals surface area contributed by atoms with Gasteiger partial charge in [-0.1, -0.05) is 18.2 Å². The summed E-state index contributed by atoms with van der Waals surface area (Å²) in [5, 5.41) is 4.04. The number of rotatable bonds is 5. The Morgan fingerprint density at radius 1 is 1.15 bits per heavy atom. The van der Waals surface area contributed by atoms with E-state index in [0.29, 0.717) is 0 Å². The maximum atomic E-state index is 13.1. The molecule has 2 rings (SSSR count). The molecule has 0 fully saturated rings. The van der Waals surface area contributed by atoms with Gasteiger partial charge in [-0.05, 0) is 39.0 Å². The fourth-order valence-electron chi connectivity index (χ4n) is 2.37. The lowest BCUT2D eigenvalue weighted by atomic mass is 10.1. The smallest absolute Gasteiger partial charge is 0.418 e. The summed E-state index contributed by atoms with van der Waals surface area (Å²) in [6.07, 6.45) is 2.22. The molecule has 0 radical (unpaired) electrons. The quantitative estimate of drug-likeness (QED) is 0.748. The third-order valence-electron chi connectivity index (χ3n) is 3.53. The van der Waals surface area contributed by atoms with Crippen LogP contribution in [0.15, 0.2) is 48.8 Å². The summed E-state index contributed by atoms with van der Waals surface area (Å²) in [4.78, 5) is 39.1. The Labute approximate surface area is 157 Å². The number of imide groups is 1. The van der Waals surface area contributed by atoms with Crippen molar-refractivity contribution in [2.45, 2.75) is 39.0 Å². The number of hydrogen-bond acceptors (Lipinski definition) is 6. The normalized spacial score (nSPS) is 12.1. The van der Waals surface area contributed by atoms with Crippen molar-refractivity contribution in [1.82, 2.24) is 14.7 Å². The first-order valence-electron chi connectivity index (χ1n) is 8.40. The molecule has 0 spiro atoms. The van der Waals surface area contributed by atoms with Crippen LogP contribution in [0.25, 0.3) is 0 Å². The minimum atomic E-state index is -1.24. The molecule has 0 aliphatic heterocycles. The Morgan fingerprint density at radius 2 is 1.81 bits per heavy atom. The Bertz CT molecular complexity index is 781. The van der Waals surface area contributed by atoms with Gasteiger partial charge in [0.1, 0.15) is 5.60 Å². The number of nitrogens with zero attached hydrogens (tertiary/aromatic N) is 3. The molecule has 0 aliphatic rings. The van der Waals surface area contributed by atoms with Crippen LogP contribution in [-0.4, -0.2) is 51.4 Å². The maximum absolute atomic E-state index is 13.1. The maximum Gasteiger partial charge on any atom is 0.418 e. The first-order valence-corrected chi connectivity index (χ1v) is 8.40. The zero-order chi connectivity index (χ0) is 20.0. The van der Waals surface area contributed by atoms with Crippen molar-refractivity contribution >= 4 is 18.0 Å². The molecule has 0 bridgehead atoms. The van der Waals surface area contributed by atoms with Crippen molar-refractivity contribution in [2.75, 3.05) is 7.11 Å². The summed E-state index contributed by atoms with van der Waals surface area (Å²) in [6.45, 7) is 4.97. The van der Waals surface area contributed by atoms with Gasteiger partial charge in [0, 0.05) is 18.0 Å². The SMILES string of the molecule is COC(=O)[C@H](Cn1cccn1)N(C(=O)OC(C)(C)C)C(=O)c1ccccc1. The van der Waals surface area contributed by atoms with Crippen LogP contribution in [0.5, 0.6) is 0 Å². The van der Waals surface area contributed by atoms with Gasteiger partial charge in [0.05, 0.1) is 13.7 Å². The summed E-state index contributed by atoms with van der Waals surface area (Å²) >= 11 is 0. The number of methoxy groups -OCH3 is 1. The molecule has 0 aliphatic carbocycles. The van der Waals surface area contributed by atoms with Crippen LogP contribution >= 0.6 is 0 Å². The lowest BCUT2D eigenvalue weighted by Crippen LogP contribution is -2.52. The topological polar surface area (TPSA) is 90.7 Å². The standard InChI is InChI=1S/C19H23N3O5/c1-19(2,3)27-18(25)22(16(23)14-9-6-5-7-10-14)15(17(24)26-4)13-21-12-8-11-20-21/h5-12,15H,13H2,1-4H3/t15-/m0/s1. The predicted octanol–water partition coefficient (Wildman–Crippen LogP) is 2.50. The number of esters is 1. The number of carbonyl (C=O) groups excluding carboxylic acids is 3. The summed E-state index contributed by atoms with van der Waals surface area (Å²) in [5.74, 6) is -1.41. The molecule has 1 heterocycles. The van der Waals surface area contributed by atoms with E-state index in [1.54, 1.807) is 63.4 Å². The van der Waals surface area contributed by atoms with Gasteiger partial charge in [0.15, 0.2) is 6.04 Å². The van der Waals surface area contributed by atoms with E-state index < -0.39 is 29.6 Å². The third-order valence-corrected chi connectivity index (χ3v) is 3.53. The molecule has 1 atom stereocenters. The van der Waals surface area contributed by atoms with Gasteiger partial charge >= 0.3 is 12.1 Å². The highest BCUT2D eigenvalue weighted by Crippen LogP contribution is 2.17. The summed E-state index contributed by atoms with van der Waals surface area (Å²) in [6, 6.07) is 8.63. The van der Waals surface area contributed by atoms with Crippen LogP contribution in [0.4, 0.5) is 4.79 Å². The molecule has 0 saturated heterocycles. The lowest BCUT2D eigenvalue weighted by molar-refractivity contribution is -0.146. The van der Waals surface area contributed by atoms with E-state index in [1.165, 1.54) is 18.0 Å². The van der Waals surface area contributed by atoms with Gasteiger partial charge in [0.2, 0.25) is 0 Å². The van der Waals surface area contributed by atoms with Crippen LogP contribution in [0.1, 0.15) is 31.1 Å². The average molecular weight is 373 g/mol. The molecule has 8 nitrogen and oxygen atoms in total. The molecule has 144 valence electrons. The van der Waals surface area contributed by atoms with Crippen LogP contribution < -0.4 is 0 Å². The fraction of sp³-hybridized carbons (Fsp3) is 0.368. The van der Waals surface area contributed by atoms with Gasteiger partial charge in [-0.2, -0.15) is 5.10 Å². The summed E-state index contributed by atoms with van der Waals surface area (Å²) in [7, 11) is 1.19. The highest BCUT2D eigenvalue weighted by molar-refractivity contribution is 6.05. The summed E-state index contributed by atoms with van der Waals surface area (Å²) in [5.41, 5.74) is -0.601. The number of amides is 2. The largest absolute Gasteiger partial charge is 0.467 e. The Kier molecular flexibility index (Phi) is 6.33. The molecular formula is C19H23N3O5. The second-order valence-corrected chi connectivity index (χ2v) is 6.79. The lowest BCUT2D eigenvalue weighted by Gasteiger charge is -2.30. The molecule has 1 aromatic carbocycles. The van der Waals surface area contributed by atoms with Crippen LogP contribution in [-0.2, 0) is 20.8 Å². The van der Waals surface area contributed by atoms with E-state index >= 15 is 0 Å². The fourth-order valence-corrected chi connectivity index (χ4v) is 2.37. The molecule has 2 aromatic rings. The average Bonchev–Trinajstić information content (AvgIpc) is 3.12.